The first kappa shape index (κ1) is 21.3. The Morgan fingerprint density at radius 3 is 1.22 bits per heavy atom. The van der Waals surface area contributed by atoms with Gasteiger partial charge in [0, 0.05) is 27.3 Å². The quantitative estimate of drug-likeness (QED) is 0.731. The molecule has 0 aliphatic carbocycles. The van der Waals surface area contributed by atoms with Crippen molar-refractivity contribution in [1.82, 2.24) is 0 Å². The van der Waals surface area contributed by atoms with Gasteiger partial charge in [-0.25, -0.2) is 9.59 Å². The van der Waals surface area contributed by atoms with Crippen LogP contribution in [0.4, 0.5) is 0 Å². The van der Waals surface area contributed by atoms with E-state index in [0.29, 0.717) is 11.1 Å². The molecule has 0 aliphatic rings. The number of hydrogen-bond acceptors (Lipinski definition) is 2. The van der Waals surface area contributed by atoms with Gasteiger partial charge in [-0.05, 0) is 51.0 Å². The maximum absolute atomic E-state index is 10.5. The molecule has 0 saturated carbocycles. The van der Waals surface area contributed by atoms with Crippen LogP contribution in [-0.4, -0.2) is 22.2 Å². The Morgan fingerprint density at radius 2 is 1.00 bits per heavy atom. The molecule has 2 N–H and O–H groups in total. The molecular formula is C18H20CdO4. The Labute approximate surface area is 156 Å². The van der Waals surface area contributed by atoms with Crippen LogP contribution in [0.25, 0.3) is 0 Å². The molecule has 2 aromatic carbocycles. The Kier molecular flexibility index (Phi) is 8.75. The third-order valence-corrected chi connectivity index (χ3v) is 3.22. The zero-order valence-corrected chi connectivity index (χ0v) is 17.9. The number of carboxylic acid groups (broad SMARTS) is 2. The molecule has 0 radical (unpaired) electrons. The fourth-order valence-corrected chi connectivity index (χ4v) is 2.11. The SMILES string of the molecule is Cc1ccc(C(=O)O)c(C)c1.Cc1ccc(C(=O)O)c(C)c1.[Cd]. The third-order valence-electron chi connectivity index (χ3n) is 3.22. The number of carboxylic acids is 2. The van der Waals surface area contributed by atoms with Gasteiger partial charge in [-0.2, -0.15) is 0 Å². The van der Waals surface area contributed by atoms with Gasteiger partial charge >= 0.3 is 11.9 Å². The predicted molar refractivity (Wildman–Crippen MR) is 85.8 cm³/mol. The number of rotatable bonds is 2. The van der Waals surface area contributed by atoms with E-state index in [0.717, 1.165) is 22.3 Å². The van der Waals surface area contributed by atoms with E-state index in [9.17, 15) is 9.59 Å². The zero-order valence-electron chi connectivity index (χ0n) is 13.9. The average molecular weight is 413 g/mol. The molecule has 0 fully saturated rings. The molecule has 118 valence electrons. The number of carbonyl (C=O) groups is 2. The van der Waals surface area contributed by atoms with Crippen molar-refractivity contribution in [3.05, 3.63) is 69.8 Å². The molecule has 0 aromatic heterocycles. The molecule has 23 heavy (non-hydrogen) atoms. The second-order valence-corrected chi connectivity index (χ2v) is 5.25. The summed E-state index contributed by atoms with van der Waals surface area (Å²) < 4.78 is 0. The molecule has 4 nitrogen and oxygen atoms in total. The van der Waals surface area contributed by atoms with E-state index < -0.39 is 11.9 Å². The zero-order chi connectivity index (χ0) is 16.9. The van der Waals surface area contributed by atoms with Gasteiger partial charge in [-0.1, -0.05) is 35.4 Å². The minimum absolute atomic E-state index is 0. The molecule has 2 aromatic rings. The van der Waals surface area contributed by atoms with Crippen LogP contribution in [-0.2, 0) is 27.3 Å². The first-order valence-corrected chi connectivity index (χ1v) is 6.83. The van der Waals surface area contributed by atoms with Gasteiger partial charge in [0.15, 0.2) is 0 Å². The minimum Gasteiger partial charge on any atom is -0.478 e. The summed E-state index contributed by atoms with van der Waals surface area (Å²) >= 11 is 0. The molecule has 5 heteroatoms. The number of benzene rings is 2. The summed E-state index contributed by atoms with van der Waals surface area (Å²) in [6.45, 7) is 7.49. The fraction of sp³-hybridized carbons (Fsp3) is 0.222. The summed E-state index contributed by atoms with van der Waals surface area (Å²) in [6.07, 6.45) is 0. The summed E-state index contributed by atoms with van der Waals surface area (Å²) in [5.41, 5.74) is 4.58. The van der Waals surface area contributed by atoms with E-state index in [1.165, 1.54) is 0 Å². The van der Waals surface area contributed by atoms with Gasteiger partial charge in [0.1, 0.15) is 0 Å². The van der Waals surface area contributed by atoms with Gasteiger partial charge in [0.2, 0.25) is 0 Å². The second kappa shape index (κ2) is 9.44. The number of aryl methyl sites for hydroxylation is 4. The summed E-state index contributed by atoms with van der Waals surface area (Å²) in [4.78, 5) is 21.1. The van der Waals surface area contributed by atoms with Crippen LogP contribution < -0.4 is 0 Å². The van der Waals surface area contributed by atoms with Crippen molar-refractivity contribution >= 4 is 11.9 Å². The van der Waals surface area contributed by atoms with Crippen molar-refractivity contribution in [3.63, 3.8) is 0 Å². The van der Waals surface area contributed by atoms with E-state index in [2.05, 4.69) is 0 Å². The Hall–Kier alpha value is -1.70. The molecule has 0 heterocycles. The Balaban J connectivity index is 0.000000403. The first-order chi connectivity index (χ1) is 10.2. The normalized spacial score (nSPS) is 9.22. The molecule has 2 rings (SSSR count). The molecular weight excluding hydrogens is 393 g/mol. The van der Waals surface area contributed by atoms with E-state index in [-0.39, 0.29) is 27.3 Å². The molecule has 0 aliphatic heterocycles. The third kappa shape index (κ3) is 6.52. The van der Waals surface area contributed by atoms with Crippen LogP contribution in [0.3, 0.4) is 0 Å². The largest absolute Gasteiger partial charge is 0.478 e. The van der Waals surface area contributed by atoms with Gasteiger partial charge in [-0.15, -0.1) is 0 Å². The predicted octanol–water partition coefficient (Wildman–Crippen LogP) is 4.00. The maximum atomic E-state index is 10.5. The number of hydrogen-bond donors (Lipinski definition) is 2. The van der Waals surface area contributed by atoms with Crippen molar-refractivity contribution < 1.29 is 47.1 Å². The summed E-state index contributed by atoms with van der Waals surface area (Å²) in [5, 5.41) is 17.3. The summed E-state index contributed by atoms with van der Waals surface area (Å²) in [5.74, 6) is -1.72. The van der Waals surface area contributed by atoms with Crippen molar-refractivity contribution in [2.75, 3.05) is 0 Å². The molecule has 0 unspecified atom stereocenters. The van der Waals surface area contributed by atoms with Crippen molar-refractivity contribution in [3.8, 4) is 0 Å². The topological polar surface area (TPSA) is 74.6 Å². The molecule has 0 saturated heterocycles. The van der Waals surface area contributed by atoms with Crippen molar-refractivity contribution in [2.24, 2.45) is 0 Å². The van der Waals surface area contributed by atoms with Crippen LogP contribution in [0, 0.1) is 27.7 Å². The summed E-state index contributed by atoms with van der Waals surface area (Å²) in [7, 11) is 0. The smallest absolute Gasteiger partial charge is 0.335 e. The van der Waals surface area contributed by atoms with Crippen LogP contribution in [0.15, 0.2) is 36.4 Å². The maximum Gasteiger partial charge on any atom is 0.335 e. The molecule has 0 atom stereocenters. The fourth-order valence-electron chi connectivity index (χ4n) is 2.11. The van der Waals surface area contributed by atoms with E-state index >= 15 is 0 Å². The monoisotopic (exact) mass is 414 g/mol. The second-order valence-electron chi connectivity index (χ2n) is 5.25. The van der Waals surface area contributed by atoms with Gasteiger partial charge in [-0.3, -0.25) is 0 Å². The van der Waals surface area contributed by atoms with Gasteiger partial charge in [0.25, 0.3) is 0 Å². The van der Waals surface area contributed by atoms with Crippen LogP contribution >= 0.6 is 0 Å². The van der Waals surface area contributed by atoms with E-state index in [1.54, 1.807) is 38.1 Å². The summed E-state index contributed by atoms with van der Waals surface area (Å²) in [6, 6.07) is 10.6. The average Bonchev–Trinajstić information content (AvgIpc) is 2.38. The Bertz CT molecular complexity index is 647. The van der Waals surface area contributed by atoms with Crippen molar-refractivity contribution in [1.29, 1.82) is 0 Å². The van der Waals surface area contributed by atoms with Crippen molar-refractivity contribution in [2.45, 2.75) is 27.7 Å². The van der Waals surface area contributed by atoms with Crippen LogP contribution in [0.2, 0.25) is 0 Å². The minimum atomic E-state index is -0.859. The first-order valence-electron chi connectivity index (χ1n) is 6.83. The van der Waals surface area contributed by atoms with Gasteiger partial charge in [0.05, 0.1) is 11.1 Å². The molecule has 0 spiro atoms. The number of aromatic carboxylic acids is 2. The van der Waals surface area contributed by atoms with E-state index in [1.807, 2.05) is 26.0 Å². The van der Waals surface area contributed by atoms with Crippen LogP contribution in [0.1, 0.15) is 43.0 Å². The Morgan fingerprint density at radius 1 is 0.696 bits per heavy atom. The molecule has 0 amide bonds. The van der Waals surface area contributed by atoms with E-state index in [4.69, 9.17) is 10.2 Å². The standard InChI is InChI=1S/2C9H10O2.Cd/c2*1-6-3-4-8(9(10)11)7(2)5-6;/h2*3-5H,1-2H3,(H,10,11);. The van der Waals surface area contributed by atoms with Crippen LogP contribution in [0.5, 0.6) is 0 Å². The molecule has 0 bridgehead atoms. The van der Waals surface area contributed by atoms with Gasteiger partial charge < -0.3 is 10.2 Å².